The van der Waals surface area contributed by atoms with Gasteiger partial charge in [0, 0.05) is 6.54 Å². The van der Waals surface area contributed by atoms with E-state index in [0.717, 1.165) is 11.1 Å². The predicted molar refractivity (Wildman–Crippen MR) is 67.3 cm³/mol. The Kier molecular flexibility index (Phi) is 4.02. The fraction of sp³-hybridized carbons (Fsp3) is 0.154. The first kappa shape index (κ1) is 12.7. The van der Waals surface area contributed by atoms with Gasteiger partial charge in [0.25, 0.3) is 5.91 Å². The molecule has 94 valence electrons. The number of furan rings is 1. The molecule has 2 aromatic rings. The van der Waals surface area contributed by atoms with E-state index in [0.29, 0.717) is 12.1 Å². The fourth-order valence-electron chi connectivity index (χ4n) is 1.50. The van der Waals surface area contributed by atoms with Crippen LogP contribution in [0.2, 0.25) is 5.22 Å². The first-order valence-electron chi connectivity index (χ1n) is 5.40. The predicted octanol–water partition coefficient (Wildman–Crippen LogP) is 2.36. The zero-order valence-electron chi connectivity index (χ0n) is 9.52. The molecule has 18 heavy (non-hydrogen) atoms. The lowest BCUT2D eigenvalue weighted by molar-refractivity contribution is 0.0950. The van der Waals surface area contributed by atoms with Crippen molar-refractivity contribution >= 4 is 17.5 Å². The molecule has 0 radical (unpaired) electrons. The number of hydrogen-bond acceptors (Lipinski definition) is 3. The molecule has 1 amide bonds. The number of rotatable bonds is 4. The van der Waals surface area contributed by atoms with Crippen LogP contribution in [0.4, 0.5) is 0 Å². The highest BCUT2D eigenvalue weighted by Gasteiger charge is 2.12. The van der Waals surface area contributed by atoms with E-state index in [1.807, 2.05) is 24.3 Å². The molecule has 1 aromatic heterocycles. The molecule has 0 spiro atoms. The summed E-state index contributed by atoms with van der Waals surface area (Å²) in [6, 6.07) is 8.84. The lowest BCUT2D eigenvalue weighted by atomic mass is 10.1. The Bertz CT molecular complexity index is 533. The van der Waals surface area contributed by atoms with Crippen LogP contribution >= 0.6 is 11.6 Å². The number of amides is 1. The topological polar surface area (TPSA) is 62.5 Å². The number of hydrogen-bond donors (Lipinski definition) is 2. The second kappa shape index (κ2) is 5.71. The molecule has 1 heterocycles. The lowest BCUT2D eigenvalue weighted by Gasteiger charge is -2.05. The SMILES string of the molecule is O=C(NCc1ccc(CO)cc1)c1ccoc1Cl. The summed E-state index contributed by atoms with van der Waals surface area (Å²) in [5, 5.41) is 11.7. The summed E-state index contributed by atoms with van der Waals surface area (Å²) >= 11 is 5.70. The zero-order valence-corrected chi connectivity index (χ0v) is 10.3. The van der Waals surface area contributed by atoms with Gasteiger partial charge in [-0.15, -0.1) is 0 Å². The lowest BCUT2D eigenvalue weighted by Crippen LogP contribution is -2.22. The molecule has 0 saturated carbocycles. The van der Waals surface area contributed by atoms with Crippen molar-refractivity contribution < 1.29 is 14.3 Å². The van der Waals surface area contributed by atoms with E-state index in [4.69, 9.17) is 21.1 Å². The number of nitrogens with one attached hydrogen (secondary N) is 1. The van der Waals surface area contributed by atoms with Crippen LogP contribution < -0.4 is 5.32 Å². The van der Waals surface area contributed by atoms with Crippen LogP contribution in [-0.4, -0.2) is 11.0 Å². The van der Waals surface area contributed by atoms with Crippen molar-refractivity contribution in [3.8, 4) is 0 Å². The monoisotopic (exact) mass is 265 g/mol. The largest absolute Gasteiger partial charge is 0.452 e. The molecule has 0 atom stereocenters. The van der Waals surface area contributed by atoms with Gasteiger partial charge < -0.3 is 14.8 Å². The number of halogens is 1. The summed E-state index contributed by atoms with van der Waals surface area (Å²) in [6.07, 6.45) is 1.37. The summed E-state index contributed by atoms with van der Waals surface area (Å²) in [4.78, 5) is 11.7. The summed E-state index contributed by atoms with van der Waals surface area (Å²) in [5.74, 6) is -0.278. The van der Waals surface area contributed by atoms with Crippen LogP contribution in [-0.2, 0) is 13.2 Å². The van der Waals surface area contributed by atoms with E-state index in [1.54, 1.807) is 0 Å². The van der Waals surface area contributed by atoms with Gasteiger partial charge in [-0.25, -0.2) is 0 Å². The molecule has 1 aromatic carbocycles. The minimum Gasteiger partial charge on any atom is -0.452 e. The maximum Gasteiger partial charge on any atom is 0.256 e. The van der Waals surface area contributed by atoms with E-state index in [-0.39, 0.29) is 17.7 Å². The van der Waals surface area contributed by atoms with Gasteiger partial charge in [0.15, 0.2) is 0 Å². The third-order valence-electron chi connectivity index (χ3n) is 2.52. The van der Waals surface area contributed by atoms with E-state index >= 15 is 0 Å². The van der Waals surface area contributed by atoms with Crippen LogP contribution in [0.1, 0.15) is 21.5 Å². The average Bonchev–Trinajstić information content (AvgIpc) is 2.83. The van der Waals surface area contributed by atoms with Crippen molar-refractivity contribution in [2.45, 2.75) is 13.2 Å². The van der Waals surface area contributed by atoms with Gasteiger partial charge in [0.05, 0.1) is 18.4 Å². The number of benzene rings is 1. The van der Waals surface area contributed by atoms with Gasteiger partial charge in [0.2, 0.25) is 5.22 Å². The van der Waals surface area contributed by atoms with Gasteiger partial charge in [-0.05, 0) is 28.8 Å². The minimum absolute atomic E-state index is 0.0112. The third-order valence-corrected chi connectivity index (χ3v) is 2.81. The molecule has 0 unspecified atom stereocenters. The average molecular weight is 266 g/mol. The Morgan fingerprint density at radius 2 is 1.89 bits per heavy atom. The van der Waals surface area contributed by atoms with Crippen molar-refractivity contribution in [3.63, 3.8) is 0 Å². The van der Waals surface area contributed by atoms with Gasteiger partial charge in [0.1, 0.15) is 0 Å². The summed E-state index contributed by atoms with van der Waals surface area (Å²) in [7, 11) is 0. The van der Waals surface area contributed by atoms with Crippen LogP contribution in [0, 0.1) is 0 Å². The Morgan fingerprint density at radius 1 is 1.22 bits per heavy atom. The number of aliphatic hydroxyl groups excluding tert-OH is 1. The van der Waals surface area contributed by atoms with Crippen molar-refractivity contribution in [1.82, 2.24) is 5.32 Å². The molecule has 0 aliphatic rings. The van der Waals surface area contributed by atoms with Gasteiger partial charge in [-0.3, -0.25) is 4.79 Å². The van der Waals surface area contributed by atoms with Crippen LogP contribution in [0.3, 0.4) is 0 Å². The Morgan fingerprint density at radius 3 is 2.44 bits per heavy atom. The Hall–Kier alpha value is -1.78. The van der Waals surface area contributed by atoms with Gasteiger partial charge in [-0.1, -0.05) is 24.3 Å². The smallest absolute Gasteiger partial charge is 0.256 e. The standard InChI is InChI=1S/C13H12ClNO3/c14-12-11(5-6-18-12)13(17)15-7-9-1-3-10(8-16)4-2-9/h1-6,16H,7-8H2,(H,15,17). The molecule has 0 saturated heterocycles. The molecule has 0 bridgehead atoms. The maximum atomic E-state index is 11.7. The third kappa shape index (κ3) is 2.91. The highest BCUT2D eigenvalue weighted by atomic mass is 35.5. The van der Waals surface area contributed by atoms with E-state index in [2.05, 4.69) is 5.32 Å². The summed E-state index contributed by atoms with van der Waals surface area (Å²) < 4.78 is 4.84. The number of carbonyl (C=O) groups is 1. The van der Waals surface area contributed by atoms with E-state index in [9.17, 15) is 4.79 Å². The second-order valence-electron chi connectivity index (χ2n) is 3.77. The second-order valence-corrected chi connectivity index (χ2v) is 4.11. The number of aliphatic hydroxyl groups is 1. The quantitative estimate of drug-likeness (QED) is 0.892. The normalized spacial score (nSPS) is 10.3. The van der Waals surface area contributed by atoms with Crippen molar-refractivity contribution in [2.24, 2.45) is 0 Å². The zero-order chi connectivity index (χ0) is 13.0. The first-order valence-corrected chi connectivity index (χ1v) is 5.78. The molecule has 2 N–H and O–H groups in total. The van der Waals surface area contributed by atoms with Crippen LogP contribution in [0.5, 0.6) is 0 Å². The summed E-state index contributed by atoms with van der Waals surface area (Å²) in [6.45, 7) is 0.406. The molecule has 4 nitrogen and oxygen atoms in total. The molecule has 0 aliphatic carbocycles. The number of carbonyl (C=O) groups excluding carboxylic acids is 1. The van der Waals surface area contributed by atoms with Crippen LogP contribution in [0.25, 0.3) is 0 Å². The molecule has 5 heteroatoms. The van der Waals surface area contributed by atoms with E-state index < -0.39 is 0 Å². The van der Waals surface area contributed by atoms with Crippen molar-refractivity contribution in [1.29, 1.82) is 0 Å². The summed E-state index contributed by atoms with van der Waals surface area (Å²) in [5.41, 5.74) is 2.10. The molecule has 2 rings (SSSR count). The van der Waals surface area contributed by atoms with Gasteiger partial charge >= 0.3 is 0 Å². The Labute approximate surface area is 109 Å². The molecular formula is C13H12ClNO3. The van der Waals surface area contributed by atoms with E-state index in [1.165, 1.54) is 12.3 Å². The first-order chi connectivity index (χ1) is 8.70. The van der Waals surface area contributed by atoms with Gasteiger partial charge in [-0.2, -0.15) is 0 Å². The van der Waals surface area contributed by atoms with Crippen molar-refractivity contribution in [2.75, 3.05) is 0 Å². The minimum atomic E-state index is -0.278. The van der Waals surface area contributed by atoms with Crippen molar-refractivity contribution in [3.05, 3.63) is 58.5 Å². The highest BCUT2D eigenvalue weighted by molar-refractivity contribution is 6.32. The van der Waals surface area contributed by atoms with Crippen LogP contribution in [0.15, 0.2) is 41.0 Å². The molecule has 0 fully saturated rings. The fourth-order valence-corrected chi connectivity index (χ4v) is 1.70. The Balaban J connectivity index is 1.95. The maximum absolute atomic E-state index is 11.7. The molecular weight excluding hydrogens is 254 g/mol. The highest BCUT2D eigenvalue weighted by Crippen LogP contribution is 2.16. The molecule has 0 aliphatic heterocycles.